The predicted molar refractivity (Wildman–Crippen MR) is 70.3 cm³/mol. The van der Waals surface area contributed by atoms with Crippen molar-refractivity contribution >= 4 is 0 Å². The molecule has 0 saturated heterocycles. The smallest absolute Gasteiger partial charge is 0.216 e. The molecule has 2 atom stereocenters. The van der Waals surface area contributed by atoms with Gasteiger partial charge in [0.05, 0.1) is 18.4 Å². The Bertz CT molecular complexity index is 360. The highest BCUT2D eigenvalue weighted by Crippen LogP contribution is 2.21. The van der Waals surface area contributed by atoms with Crippen molar-refractivity contribution in [3.63, 3.8) is 0 Å². The highest BCUT2D eigenvalue weighted by molar-refractivity contribution is 5.30. The minimum Gasteiger partial charge on any atom is -0.481 e. The van der Waals surface area contributed by atoms with Crippen molar-refractivity contribution in [2.24, 2.45) is 13.0 Å². The minimum absolute atomic E-state index is 0.504. The third-order valence-corrected chi connectivity index (χ3v) is 3.58. The fourth-order valence-electron chi connectivity index (χ4n) is 1.96. The van der Waals surface area contributed by atoms with Crippen LogP contribution in [0.5, 0.6) is 5.88 Å². The average Bonchev–Trinajstić information content (AvgIpc) is 2.58. The lowest BCUT2D eigenvalue weighted by molar-refractivity contribution is 0.359. The van der Waals surface area contributed by atoms with Crippen LogP contribution in [0.1, 0.15) is 38.4 Å². The van der Waals surface area contributed by atoms with Gasteiger partial charge in [-0.3, -0.25) is 0 Å². The number of methoxy groups -OCH3 is 1. The summed E-state index contributed by atoms with van der Waals surface area (Å²) in [6.07, 6.45) is 1.19. The second-order valence-electron chi connectivity index (χ2n) is 4.75. The summed E-state index contributed by atoms with van der Waals surface area (Å²) in [6, 6.07) is 0.504. The first-order chi connectivity index (χ1) is 8.01. The molecule has 1 heterocycles. The van der Waals surface area contributed by atoms with Gasteiger partial charge in [0.25, 0.3) is 0 Å². The maximum absolute atomic E-state index is 5.38. The number of hydrogen-bond acceptors (Lipinski definition) is 3. The van der Waals surface area contributed by atoms with E-state index in [1.54, 1.807) is 11.8 Å². The number of hydrogen-bond donors (Lipinski definition) is 1. The van der Waals surface area contributed by atoms with Crippen LogP contribution in [0.3, 0.4) is 0 Å². The van der Waals surface area contributed by atoms with Crippen LogP contribution >= 0.6 is 0 Å². The van der Waals surface area contributed by atoms with Gasteiger partial charge in [-0.15, -0.1) is 0 Å². The van der Waals surface area contributed by atoms with Crippen molar-refractivity contribution in [2.75, 3.05) is 7.11 Å². The van der Waals surface area contributed by atoms with Crippen LogP contribution in [0.4, 0.5) is 0 Å². The van der Waals surface area contributed by atoms with Crippen LogP contribution in [-0.2, 0) is 13.6 Å². The highest BCUT2D eigenvalue weighted by atomic mass is 16.5. The zero-order chi connectivity index (χ0) is 13.0. The zero-order valence-corrected chi connectivity index (χ0v) is 11.9. The van der Waals surface area contributed by atoms with Gasteiger partial charge in [-0.2, -0.15) is 5.10 Å². The first kappa shape index (κ1) is 14.0. The molecule has 0 aliphatic heterocycles. The summed E-state index contributed by atoms with van der Waals surface area (Å²) in [4.78, 5) is 0. The standard InChI is InChI=1S/C13H25N3O/c1-7-9(2)10(3)14-8-12-11(4)15-16(5)13(12)17-6/h9-10,14H,7-8H2,1-6H3. The van der Waals surface area contributed by atoms with Crippen molar-refractivity contribution in [1.82, 2.24) is 15.1 Å². The molecule has 0 fully saturated rings. The number of aryl methyl sites for hydroxylation is 2. The SMILES string of the molecule is CCC(C)C(C)NCc1c(C)nn(C)c1OC. The normalized spacial score (nSPS) is 14.7. The quantitative estimate of drug-likeness (QED) is 0.827. The third kappa shape index (κ3) is 3.22. The summed E-state index contributed by atoms with van der Waals surface area (Å²) < 4.78 is 7.17. The molecular formula is C13H25N3O. The van der Waals surface area contributed by atoms with E-state index in [9.17, 15) is 0 Å². The monoisotopic (exact) mass is 239 g/mol. The van der Waals surface area contributed by atoms with Gasteiger partial charge in [-0.1, -0.05) is 20.3 Å². The van der Waals surface area contributed by atoms with Crippen molar-refractivity contribution in [2.45, 2.75) is 46.7 Å². The van der Waals surface area contributed by atoms with Crippen molar-refractivity contribution in [3.05, 3.63) is 11.3 Å². The molecule has 1 aromatic rings. The fraction of sp³-hybridized carbons (Fsp3) is 0.769. The van der Waals surface area contributed by atoms with E-state index in [-0.39, 0.29) is 0 Å². The zero-order valence-electron chi connectivity index (χ0n) is 11.9. The van der Waals surface area contributed by atoms with Crippen molar-refractivity contribution < 1.29 is 4.74 Å². The molecule has 1 N–H and O–H groups in total. The lowest BCUT2D eigenvalue weighted by Crippen LogP contribution is -2.31. The van der Waals surface area contributed by atoms with E-state index in [2.05, 4.69) is 31.2 Å². The summed E-state index contributed by atoms with van der Waals surface area (Å²) >= 11 is 0. The lowest BCUT2D eigenvalue weighted by Gasteiger charge is -2.20. The van der Waals surface area contributed by atoms with Gasteiger partial charge in [0, 0.05) is 19.6 Å². The molecule has 0 aliphatic carbocycles. The van der Waals surface area contributed by atoms with E-state index in [4.69, 9.17) is 4.74 Å². The molecule has 98 valence electrons. The number of ether oxygens (including phenoxy) is 1. The molecule has 0 radical (unpaired) electrons. The van der Waals surface area contributed by atoms with E-state index in [0.717, 1.165) is 23.7 Å². The minimum atomic E-state index is 0.504. The lowest BCUT2D eigenvalue weighted by atomic mass is 10.0. The molecule has 1 rings (SSSR count). The Labute approximate surface area is 104 Å². The molecule has 0 aliphatic rings. The van der Waals surface area contributed by atoms with Gasteiger partial charge in [0.1, 0.15) is 0 Å². The van der Waals surface area contributed by atoms with E-state index in [0.29, 0.717) is 12.0 Å². The summed E-state index contributed by atoms with van der Waals surface area (Å²) in [5.74, 6) is 1.53. The van der Waals surface area contributed by atoms with Gasteiger partial charge in [0.15, 0.2) is 0 Å². The third-order valence-electron chi connectivity index (χ3n) is 3.58. The first-order valence-electron chi connectivity index (χ1n) is 6.31. The Morgan fingerprint density at radius 3 is 2.59 bits per heavy atom. The molecule has 4 nitrogen and oxygen atoms in total. The Morgan fingerprint density at radius 2 is 2.06 bits per heavy atom. The van der Waals surface area contributed by atoms with Crippen molar-refractivity contribution in [3.8, 4) is 5.88 Å². The largest absolute Gasteiger partial charge is 0.481 e. The van der Waals surface area contributed by atoms with E-state index < -0.39 is 0 Å². The number of rotatable bonds is 6. The van der Waals surface area contributed by atoms with Crippen LogP contribution in [0.2, 0.25) is 0 Å². The molecule has 1 aromatic heterocycles. The molecule has 0 bridgehead atoms. The molecule has 17 heavy (non-hydrogen) atoms. The Morgan fingerprint density at radius 1 is 1.41 bits per heavy atom. The maximum atomic E-state index is 5.38. The number of nitrogens with zero attached hydrogens (tertiary/aromatic N) is 2. The predicted octanol–water partition coefficient (Wildman–Crippen LogP) is 2.26. The van der Waals surface area contributed by atoms with E-state index in [1.165, 1.54) is 6.42 Å². The van der Waals surface area contributed by atoms with Crippen LogP contribution in [0, 0.1) is 12.8 Å². The summed E-state index contributed by atoms with van der Waals surface area (Å²) in [5.41, 5.74) is 2.19. The number of aromatic nitrogens is 2. The molecule has 0 aromatic carbocycles. The Hall–Kier alpha value is -1.03. The number of nitrogens with one attached hydrogen (secondary N) is 1. The molecule has 0 amide bonds. The summed E-state index contributed by atoms with van der Waals surface area (Å²) in [5, 5.41) is 7.92. The van der Waals surface area contributed by atoms with Gasteiger partial charge in [0.2, 0.25) is 5.88 Å². The summed E-state index contributed by atoms with van der Waals surface area (Å²) in [6.45, 7) is 9.55. The fourth-order valence-corrected chi connectivity index (χ4v) is 1.96. The van der Waals surface area contributed by atoms with E-state index in [1.807, 2.05) is 14.0 Å². The summed E-state index contributed by atoms with van der Waals surface area (Å²) in [7, 11) is 3.60. The van der Waals surface area contributed by atoms with E-state index >= 15 is 0 Å². The first-order valence-corrected chi connectivity index (χ1v) is 6.31. The second kappa shape index (κ2) is 6.05. The Balaban J connectivity index is 2.69. The average molecular weight is 239 g/mol. The van der Waals surface area contributed by atoms with Gasteiger partial charge in [-0.25, -0.2) is 4.68 Å². The Kier molecular flexibility index (Phi) is 5.00. The van der Waals surface area contributed by atoms with Gasteiger partial charge in [-0.05, 0) is 19.8 Å². The molecule has 0 spiro atoms. The van der Waals surface area contributed by atoms with Crippen LogP contribution in [-0.4, -0.2) is 22.9 Å². The highest BCUT2D eigenvalue weighted by Gasteiger charge is 2.16. The maximum Gasteiger partial charge on any atom is 0.216 e. The molecule has 2 unspecified atom stereocenters. The topological polar surface area (TPSA) is 39.1 Å². The molecular weight excluding hydrogens is 214 g/mol. The van der Waals surface area contributed by atoms with Crippen LogP contribution < -0.4 is 10.1 Å². The van der Waals surface area contributed by atoms with Crippen molar-refractivity contribution in [1.29, 1.82) is 0 Å². The van der Waals surface area contributed by atoms with Gasteiger partial charge >= 0.3 is 0 Å². The molecule has 4 heteroatoms. The second-order valence-corrected chi connectivity index (χ2v) is 4.75. The van der Waals surface area contributed by atoms with Crippen LogP contribution in [0.25, 0.3) is 0 Å². The van der Waals surface area contributed by atoms with Gasteiger partial charge < -0.3 is 10.1 Å². The van der Waals surface area contributed by atoms with Crippen LogP contribution in [0.15, 0.2) is 0 Å². The molecule has 0 saturated carbocycles.